The molecule has 23 heavy (non-hydrogen) atoms. The molecule has 5 heteroatoms. The topological polar surface area (TPSA) is 59.6 Å². The van der Waals surface area contributed by atoms with Crippen LogP contribution >= 0.6 is 24.0 Å². The highest BCUT2D eigenvalue weighted by Crippen LogP contribution is 2.04. The Hall–Kier alpha value is -1.60. The van der Waals surface area contributed by atoms with Crippen LogP contribution in [0.4, 0.5) is 5.69 Å². The van der Waals surface area contributed by atoms with Crippen molar-refractivity contribution in [1.82, 2.24) is 0 Å². The highest BCUT2D eigenvalue weighted by atomic mass is 127. The van der Waals surface area contributed by atoms with Crippen molar-refractivity contribution in [1.29, 1.82) is 0 Å². The molecule has 124 valence electrons. The molecule has 2 aromatic carbocycles. The van der Waals surface area contributed by atoms with Gasteiger partial charge in [-0.2, -0.15) is 0 Å². The fraction of sp³-hybridized carbons (Fsp3) is 0.278. The van der Waals surface area contributed by atoms with Gasteiger partial charge in [-0.25, -0.2) is 0 Å². The summed E-state index contributed by atoms with van der Waals surface area (Å²) < 4.78 is 5.61. The molecule has 0 saturated carbocycles. The Balaban J connectivity index is 0.00000264. The number of rotatable bonds is 8. The smallest absolute Gasteiger partial charge is 0.193 e. The Morgan fingerprint density at radius 3 is 2.30 bits per heavy atom. The van der Waals surface area contributed by atoms with Gasteiger partial charge in [0.1, 0.15) is 0 Å². The zero-order valence-corrected chi connectivity index (χ0v) is 15.5. The number of guanidine groups is 1. The number of para-hydroxylation sites is 1. The van der Waals surface area contributed by atoms with Gasteiger partial charge in [0.05, 0.1) is 6.61 Å². The molecule has 0 aliphatic rings. The van der Waals surface area contributed by atoms with E-state index in [1.165, 1.54) is 5.56 Å². The monoisotopic (exact) mass is 425 g/mol. The summed E-state index contributed by atoms with van der Waals surface area (Å²) in [6.45, 7) is 2.11. The Morgan fingerprint density at radius 2 is 1.61 bits per heavy atom. The number of nitrogens with two attached hydrogens (primary N) is 1. The van der Waals surface area contributed by atoms with Crippen LogP contribution in [-0.4, -0.2) is 25.7 Å². The fourth-order valence-corrected chi connectivity index (χ4v) is 2.01. The second kappa shape index (κ2) is 11.9. The molecule has 0 atom stereocenters. The summed E-state index contributed by atoms with van der Waals surface area (Å²) in [6, 6.07) is 20.1. The van der Waals surface area contributed by atoms with Gasteiger partial charge >= 0.3 is 0 Å². The largest absolute Gasteiger partial charge is 0.381 e. The van der Waals surface area contributed by atoms with Crippen LogP contribution in [0.15, 0.2) is 65.7 Å². The number of halogens is 1. The van der Waals surface area contributed by atoms with Gasteiger partial charge in [-0.15, -0.1) is 24.0 Å². The third-order valence-electron chi connectivity index (χ3n) is 3.15. The van der Waals surface area contributed by atoms with Gasteiger partial charge < -0.3 is 15.8 Å². The number of anilines is 1. The number of hydrogen-bond donors (Lipinski definition) is 2. The maximum Gasteiger partial charge on any atom is 0.193 e. The van der Waals surface area contributed by atoms with E-state index in [-0.39, 0.29) is 24.0 Å². The summed E-state index contributed by atoms with van der Waals surface area (Å²) in [4.78, 5) is 4.28. The van der Waals surface area contributed by atoms with Gasteiger partial charge in [0, 0.05) is 18.8 Å². The van der Waals surface area contributed by atoms with Crippen LogP contribution in [-0.2, 0) is 11.2 Å². The van der Waals surface area contributed by atoms with Crippen LogP contribution in [0.2, 0.25) is 0 Å². The molecular formula is C18H24IN3O. The van der Waals surface area contributed by atoms with Crippen LogP contribution in [0.25, 0.3) is 0 Å². The van der Waals surface area contributed by atoms with E-state index >= 15 is 0 Å². The molecule has 0 saturated heterocycles. The molecule has 2 rings (SSSR count). The first-order valence-corrected chi connectivity index (χ1v) is 7.58. The summed E-state index contributed by atoms with van der Waals surface area (Å²) in [5.74, 6) is 0.440. The van der Waals surface area contributed by atoms with Gasteiger partial charge in [0.15, 0.2) is 5.96 Å². The van der Waals surface area contributed by atoms with Crippen molar-refractivity contribution >= 4 is 35.6 Å². The molecule has 0 radical (unpaired) electrons. The summed E-state index contributed by atoms with van der Waals surface area (Å²) in [7, 11) is 0. The van der Waals surface area contributed by atoms with Gasteiger partial charge in [0.25, 0.3) is 0 Å². The molecule has 0 amide bonds. The minimum absolute atomic E-state index is 0. The van der Waals surface area contributed by atoms with Crippen molar-refractivity contribution in [2.75, 3.05) is 25.1 Å². The van der Waals surface area contributed by atoms with Crippen LogP contribution in [0.5, 0.6) is 0 Å². The lowest BCUT2D eigenvalue weighted by Gasteiger charge is -2.06. The minimum Gasteiger partial charge on any atom is -0.381 e. The minimum atomic E-state index is 0. The molecule has 0 fully saturated rings. The summed E-state index contributed by atoms with van der Waals surface area (Å²) in [5.41, 5.74) is 8.07. The second-order valence-electron chi connectivity index (χ2n) is 4.96. The number of hydrogen-bond acceptors (Lipinski definition) is 2. The van der Waals surface area contributed by atoms with Gasteiger partial charge in [-0.05, 0) is 30.5 Å². The molecule has 4 nitrogen and oxygen atoms in total. The molecule has 3 N–H and O–H groups in total. The highest BCUT2D eigenvalue weighted by Gasteiger charge is 1.95. The Labute approximate surface area is 155 Å². The first-order valence-electron chi connectivity index (χ1n) is 7.58. The van der Waals surface area contributed by atoms with Crippen molar-refractivity contribution in [2.45, 2.75) is 12.8 Å². The molecule has 0 spiro atoms. The lowest BCUT2D eigenvalue weighted by molar-refractivity contribution is 0.136. The van der Waals surface area contributed by atoms with Crippen LogP contribution in [0.3, 0.4) is 0 Å². The predicted octanol–water partition coefficient (Wildman–Crippen LogP) is 3.68. The SMILES string of the molecule is I.NC(=NCCCOCCc1ccccc1)Nc1ccccc1. The molecule has 0 aliphatic carbocycles. The van der Waals surface area contributed by atoms with E-state index in [0.29, 0.717) is 19.1 Å². The standard InChI is InChI=1S/C18H23N3O.HI/c19-18(21-17-10-5-2-6-11-17)20-13-7-14-22-15-12-16-8-3-1-4-9-16;/h1-6,8-11H,7,12-15H2,(H3,19,20,21);1H. The van der Waals surface area contributed by atoms with E-state index in [1.54, 1.807) is 0 Å². The number of benzene rings is 2. The predicted molar refractivity (Wildman–Crippen MR) is 108 cm³/mol. The fourth-order valence-electron chi connectivity index (χ4n) is 2.01. The molecule has 0 heterocycles. The Morgan fingerprint density at radius 1 is 0.957 bits per heavy atom. The normalized spacial score (nSPS) is 10.9. The van der Waals surface area contributed by atoms with Crippen molar-refractivity contribution in [3.63, 3.8) is 0 Å². The average molecular weight is 425 g/mol. The van der Waals surface area contributed by atoms with Gasteiger partial charge in [-0.1, -0.05) is 48.5 Å². The highest BCUT2D eigenvalue weighted by molar-refractivity contribution is 14.0. The van der Waals surface area contributed by atoms with Crippen molar-refractivity contribution < 1.29 is 4.74 Å². The first kappa shape index (κ1) is 19.4. The number of aliphatic imine (C=N–C) groups is 1. The summed E-state index contributed by atoms with van der Waals surface area (Å²) >= 11 is 0. The van der Waals surface area contributed by atoms with Crippen LogP contribution < -0.4 is 11.1 Å². The summed E-state index contributed by atoms with van der Waals surface area (Å²) in [6.07, 6.45) is 1.81. The molecule has 0 unspecified atom stereocenters. The van der Waals surface area contributed by atoms with Crippen molar-refractivity contribution in [3.8, 4) is 0 Å². The zero-order chi connectivity index (χ0) is 15.5. The molecular weight excluding hydrogens is 401 g/mol. The average Bonchev–Trinajstić information content (AvgIpc) is 2.56. The van der Waals surface area contributed by atoms with Crippen LogP contribution in [0, 0.1) is 0 Å². The van der Waals surface area contributed by atoms with E-state index in [4.69, 9.17) is 10.5 Å². The lowest BCUT2D eigenvalue weighted by Crippen LogP contribution is -2.22. The van der Waals surface area contributed by atoms with E-state index in [1.807, 2.05) is 48.5 Å². The number of nitrogens with zero attached hydrogens (tertiary/aromatic N) is 1. The molecule has 0 bridgehead atoms. The third-order valence-corrected chi connectivity index (χ3v) is 3.15. The van der Waals surface area contributed by atoms with E-state index in [9.17, 15) is 0 Å². The molecule has 0 aliphatic heterocycles. The van der Waals surface area contributed by atoms with E-state index in [0.717, 1.165) is 25.1 Å². The van der Waals surface area contributed by atoms with Crippen molar-refractivity contribution in [2.24, 2.45) is 10.7 Å². The van der Waals surface area contributed by atoms with Gasteiger partial charge in [-0.3, -0.25) is 4.99 Å². The molecule has 2 aromatic rings. The number of ether oxygens (including phenoxy) is 1. The van der Waals surface area contributed by atoms with Gasteiger partial charge in [0.2, 0.25) is 0 Å². The Bertz CT molecular complexity index is 561. The quantitative estimate of drug-likeness (QED) is 0.294. The second-order valence-corrected chi connectivity index (χ2v) is 4.96. The maximum atomic E-state index is 5.82. The third kappa shape index (κ3) is 8.56. The van der Waals surface area contributed by atoms with E-state index in [2.05, 4.69) is 22.4 Å². The zero-order valence-electron chi connectivity index (χ0n) is 13.2. The van der Waals surface area contributed by atoms with E-state index < -0.39 is 0 Å². The lowest BCUT2D eigenvalue weighted by atomic mass is 10.2. The Kier molecular flexibility index (Phi) is 10.1. The first-order chi connectivity index (χ1) is 10.8. The number of nitrogens with one attached hydrogen (secondary N) is 1. The maximum absolute atomic E-state index is 5.82. The van der Waals surface area contributed by atoms with Crippen molar-refractivity contribution in [3.05, 3.63) is 66.2 Å². The molecule has 0 aromatic heterocycles. The summed E-state index contributed by atoms with van der Waals surface area (Å²) in [5, 5.41) is 3.05. The van der Waals surface area contributed by atoms with Crippen LogP contribution in [0.1, 0.15) is 12.0 Å².